The van der Waals surface area contributed by atoms with E-state index in [1.807, 2.05) is 48.7 Å². The van der Waals surface area contributed by atoms with Crippen LogP contribution in [-0.4, -0.2) is 20.7 Å². The Bertz CT molecular complexity index is 983. The topological polar surface area (TPSA) is 71.9 Å². The number of ether oxygens (including phenoxy) is 1. The molecule has 0 saturated carbocycles. The zero-order valence-electron chi connectivity index (χ0n) is 15.6. The second kappa shape index (κ2) is 9.03. The number of carbonyl (C=O) groups is 1. The fourth-order valence-electron chi connectivity index (χ4n) is 2.80. The quantitative estimate of drug-likeness (QED) is 0.551. The lowest BCUT2D eigenvalue weighted by molar-refractivity contribution is -0.128. The second-order valence-electron chi connectivity index (χ2n) is 6.49. The van der Waals surface area contributed by atoms with Crippen LogP contribution >= 0.6 is 23.8 Å². The highest BCUT2D eigenvalue weighted by Crippen LogP contribution is 2.24. The minimum atomic E-state index is -0.809. The van der Waals surface area contributed by atoms with Gasteiger partial charge in [0, 0.05) is 16.6 Å². The zero-order chi connectivity index (χ0) is 20.1. The van der Waals surface area contributed by atoms with Gasteiger partial charge < -0.3 is 14.6 Å². The van der Waals surface area contributed by atoms with Crippen LogP contribution in [0.5, 0.6) is 5.75 Å². The number of hydrogen-bond acceptors (Lipinski definition) is 4. The van der Waals surface area contributed by atoms with Gasteiger partial charge in [-0.05, 0) is 50.3 Å². The molecule has 0 aliphatic rings. The van der Waals surface area contributed by atoms with Gasteiger partial charge in [-0.25, -0.2) is 0 Å². The summed E-state index contributed by atoms with van der Waals surface area (Å²) in [5.41, 5.74) is 0.748. The van der Waals surface area contributed by atoms with E-state index in [9.17, 15) is 4.79 Å². The van der Waals surface area contributed by atoms with E-state index in [4.69, 9.17) is 28.6 Å². The first-order chi connectivity index (χ1) is 13.5. The van der Waals surface area contributed by atoms with Crippen LogP contribution in [0.4, 0.5) is 0 Å². The van der Waals surface area contributed by atoms with E-state index in [1.54, 1.807) is 24.3 Å². The molecule has 2 aromatic carbocycles. The standard InChI is InChI=1S/C20H21ClN4O2S/c1-13(2)25-17(23-24-20(25)28)12-22-19(26)18(14-6-4-3-5-7-14)27-16-10-8-15(21)9-11-16/h3-11,13,18H,12H2,1-2H3,(H,22,26)(H,24,28). The van der Waals surface area contributed by atoms with Crippen molar-refractivity contribution in [1.29, 1.82) is 0 Å². The van der Waals surface area contributed by atoms with Gasteiger partial charge in [-0.2, -0.15) is 5.10 Å². The fraction of sp³-hybridized carbons (Fsp3) is 0.250. The zero-order valence-corrected chi connectivity index (χ0v) is 17.1. The maximum atomic E-state index is 12.9. The highest BCUT2D eigenvalue weighted by Gasteiger charge is 2.23. The van der Waals surface area contributed by atoms with Crippen LogP contribution < -0.4 is 10.1 Å². The molecule has 0 saturated heterocycles. The van der Waals surface area contributed by atoms with Crippen molar-refractivity contribution in [1.82, 2.24) is 20.1 Å². The Hall–Kier alpha value is -2.64. The average Bonchev–Trinajstić information content (AvgIpc) is 3.07. The lowest BCUT2D eigenvalue weighted by atomic mass is 10.1. The lowest BCUT2D eigenvalue weighted by Crippen LogP contribution is -2.33. The largest absolute Gasteiger partial charge is 0.476 e. The number of nitrogens with one attached hydrogen (secondary N) is 2. The number of hydrogen-bond donors (Lipinski definition) is 2. The molecule has 1 unspecified atom stereocenters. The summed E-state index contributed by atoms with van der Waals surface area (Å²) in [7, 11) is 0. The molecule has 0 spiro atoms. The van der Waals surface area contributed by atoms with Crippen molar-refractivity contribution in [3.05, 3.63) is 75.8 Å². The summed E-state index contributed by atoms with van der Waals surface area (Å²) >= 11 is 11.2. The number of H-pyrrole nitrogens is 1. The van der Waals surface area contributed by atoms with Crippen molar-refractivity contribution in [2.45, 2.75) is 32.5 Å². The van der Waals surface area contributed by atoms with E-state index >= 15 is 0 Å². The number of aromatic nitrogens is 3. The lowest BCUT2D eigenvalue weighted by Gasteiger charge is -2.19. The molecule has 0 fully saturated rings. The van der Waals surface area contributed by atoms with Gasteiger partial charge in [0.1, 0.15) is 5.75 Å². The molecule has 1 amide bonds. The van der Waals surface area contributed by atoms with E-state index in [0.29, 0.717) is 21.4 Å². The summed E-state index contributed by atoms with van der Waals surface area (Å²) in [6, 6.07) is 16.4. The number of nitrogens with zero attached hydrogens (tertiary/aromatic N) is 2. The third-order valence-corrected chi connectivity index (χ3v) is 4.66. The number of rotatable bonds is 7. The number of carbonyl (C=O) groups excluding carboxylic acids is 1. The number of halogens is 1. The smallest absolute Gasteiger partial charge is 0.266 e. The van der Waals surface area contributed by atoms with Gasteiger partial charge in [-0.3, -0.25) is 9.89 Å². The van der Waals surface area contributed by atoms with E-state index < -0.39 is 6.10 Å². The highest BCUT2D eigenvalue weighted by atomic mass is 35.5. The first-order valence-electron chi connectivity index (χ1n) is 8.86. The Morgan fingerprint density at radius 2 is 1.89 bits per heavy atom. The Morgan fingerprint density at radius 1 is 1.21 bits per heavy atom. The third kappa shape index (κ3) is 4.79. The van der Waals surface area contributed by atoms with Gasteiger partial charge in [0.25, 0.3) is 5.91 Å². The molecule has 146 valence electrons. The molecule has 28 heavy (non-hydrogen) atoms. The predicted octanol–water partition coefficient (Wildman–Crippen LogP) is 4.61. The van der Waals surface area contributed by atoms with Gasteiger partial charge >= 0.3 is 0 Å². The first kappa shape index (κ1) is 20.1. The molecule has 3 aromatic rings. The molecular weight excluding hydrogens is 396 g/mol. The molecule has 3 rings (SSSR count). The first-order valence-corrected chi connectivity index (χ1v) is 9.65. The van der Waals surface area contributed by atoms with Crippen molar-refractivity contribution in [2.75, 3.05) is 0 Å². The van der Waals surface area contributed by atoms with Crippen molar-refractivity contribution in [3.8, 4) is 5.75 Å². The van der Waals surface area contributed by atoms with Crippen LogP contribution in [0.2, 0.25) is 5.02 Å². The van der Waals surface area contributed by atoms with Crippen molar-refractivity contribution < 1.29 is 9.53 Å². The van der Waals surface area contributed by atoms with E-state index in [1.165, 1.54) is 0 Å². The minimum absolute atomic E-state index is 0.133. The van der Waals surface area contributed by atoms with Crippen molar-refractivity contribution >= 4 is 29.7 Å². The summed E-state index contributed by atoms with van der Waals surface area (Å²) < 4.78 is 8.35. The maximum Gasteiger partial charge on any atom is 0.266 e. The summed E-state index contributed by atoms with van der Waals surface area (Å²) in [4.78, 5) is 12.9. The molecular formula is C20H21ClN4O2S. The Morgan fingerprint density at radius 3 is 2.54 bits per heavy atom. The summed E-state index contributed by atoms with van der Waals surface area (Å²) in [5, 5.41) is 10.5. The molecule has 0 radical (unpaired) electrons. The highest BCUT2D eigenvalue weighted by molar-refractivity contribution is 7.71. The molecule has 1 aromatic heterocycles. The van der Waals surface area contributed by atoms with Crippen LogP contribution in [0, 0.1) is 4.77 Å². The minimum Gasteiger partial charge on any atom is -0.476 e. The van der Waals surface area contributed by atoms with Gasteiger partial charge in [0.2, 0.25) is 6.10 Å². The summed E-state index contributed by atoms with van der Waals surface area (Å²) in [6.45, 7) is 4.25. The molecule has 8 heteroatoms. The van der Waals surface area contributed by atoms with Gasteiger partial charge in [0.15, 0.2) is 10.6 Å². The van der Waals surface area contributed by atoms with Gasteiger partial charge in [-0.15, -0.1) is 0 Å². The van der Waals surface area contributed by atoms with Crippen LogP contribution in [0.15, 0.2) is 54.6 Å². The van der Waals surface area contributed by atoms with Gasteiger partial charge in [0.05, 0.1) is 6.54 Å². The molecule has 2 N–H and O–H groups in total. The molecule has 1 heterocycles. The Labute approximate surface area is 173 Å². The normalized spacial score (nSPS) is 12.0. The Kier molecular flexibility index (Phi) is 6.49. The number of amides is 1. The van der Waals surface area contributed by atoms with Gasteiger partial charge in [-0.1, -0.05) is 41.9 Å². The van der Waals surface area contributed by atoms with Crippen LogP contribution in [-0.2, 0) is 11.3 Å². The monoisotopic (exact) mass is 416 g/mol. The van der Waals surface area contributed by atoms with E-state index in [-0.39, 0.29) is 18.5 Å². The molecule has 0 aliphatic heterocycles. The molecule has 0 aliphatic carbocycles. The van der Waals surface area contributed by atoms with E-state index in [0.717, 1.165) is 5.56 Å². The molecule has 6 nitrogen and oxygen atoms in total. The van der Waals surface area contributed by atoms with E-state index in [2.05, 4.69) is 15.5 Å². The average molecular weight is 417 g/mol. The number of aromatic amines is 1. The fourth-order valence-corrected chi connectivity index (χ4v) is 3.29. The third-order valence-electron chi connectivity index (χ3n) is 4.12. The number of benzene rings is 2. The second-order valence-corrected chi connectivity index (χ2v) is 7.31. The van der Waals surface area contributed by atoms with Crippen LogP contribution in [0.1, 0.15) is 37.4 Å². The SMILES string of the molecule is CC(C)n1c(CNC(=O)C(Oc2ccc(Cl)cc2)c2ccccc2)n[nH]c1=S. The van der Waals surface area contributed by atoms with Crippen LogP contribution in [0.3, 0.4) is 0 Å². The summed E-state index contributed by atoms with van der Waals surface area (Å²) in [6.07, 6.45) is -0.809. The molecule has 0 bridgehead atoms. The van der Waals surface area contributed by atoms with Crippen molar-refractivity contribution in [2.24, 2.45) is 0 Å². The Balaban J connectivity index is 1.79. The van der Waals surface area contributed by atoms with Crippen molar-refractivity contribution in [3.63, 3.8) is 0 Å². The summed E-state index contributed by atoms with van der Waals surface area (Å²) in [5.74, 6) is 0.940. The molecule has 1 atom stereocenters. The maximum absolute atomic E-state index is 12.9. The van der Waals surface area contributed by atoms with Crippen LogP contribution in [0.25, 0.3) is 0 Å². The predicted molar refractivity (Wildman–Crippen MR) is 111 cm³/mol.